The molecule has 1 saturated heterocycles. The van der Waals surface area contributed by atoms with Crippen LogP contribution in [0.4, 0.5) is 4.39 Å². The first-order valence-corrected chi connectivity index (χ1v) is 5.48. The molecular weight excluding hydrogens is 243 g/mol. The molecule has 0 aliphatic carbocycles. The molecule has 3 nitrogen and oxygen atoms in total. The summed E-state index contributed by atoms with van der Waals surface area (Å²) in [4.78, 5) is 13.5. The second-order valence-electron chi connectivity index (χ2n) is 3.94. The quantitative estimate of drug-likeness (QED) is 0.873. The average molecular weight is 259 g/mol. The first kappa shape index (κ1) is 13.9. The van der Waals surface area contributed by atoms with E-state index in [1.807, 2.05) is 4.90 Å². The smallest absolute Gasteiger partial charge is 0.224 e. The third-order valence-electron chi connectivity index (χ3n) is 2.71. The Balaban J connectivity index is 0.00000144. The number of halogens is 2. The fourth-order valence-corrected chi connectivity index (χ4v) is 1.79. The van der Waals surface area contributed by atoms with Gasteiger partial charge in [-0.1, -0.05) is 12.1 Å². The van der Waals surface area contributed by atoms with E-state index in [0.717, 1.165) is 25.2 Å². The Bertz CT molecular complexity index is 369. The summed E-state index contributed by atoms with van der Waals surface area (Å²) in [5.74, 6) is -0.0815. The van der Waals surface area contributed by atoms with Gasteiger partial charge in [0.25, 0.3) is 0 Å². The molecular formula is C12H16ClFN2O. The number of hydrogen-bond acceptors (Lipinski definition) is 2. The van der Waals surface area contributed by atoms with Crippen molar-refractivity contribution < 1.29 is 9.18 Å². The summed E-state index contributed by atoms with van der Waals surface area (Å²) in [5, 5.41) is 3.18. The van der Waals surface area contributed by atoms with Gasteiger partial charge in [-0.2, -0.15) is 0 Å². The van der Waals surface area contributed by atoms with Crippen LogP contribution in [0.25, 0.3) is 0 Å². The van der Waals surface area contributed by atoms with E-state index in [9.17, 15) is 9.18 Å². The molecule has 1 aromatic carbocycles. The lowest BCUT2D eigenvalue weighted by Gasteiger charge is -2.20. The van der Waals surface area contributed by atoms with Crippen molar-refractivity contribution in [1.82, 2.24) is 10.2 Å². The zero-order valence-electron chi connectivity index (χ0n) is 9.49. The van der Waals surface area contributed by atoms with Gasteiger partial charge >= 0.3 is 0 Å². The van der Waals surface area contributed by atoms with E-state index >= 15 is 0 Å². The van der Waals surface area contributed by atoms with Gasteiger partial charge in [-0.3, -0.25) is 4.79 Å². The van der Waals surface area contributed by atoms with E-state index in [0.29, 0.717) is 13.0 Å². The van der Waals surface area contributed by atoms with Gasteiger partial charge < -0.3 is 10.2 Å². The molecule has 1 aliphatic rings. The first-order valence-electron chi connectivity index (χ1n) is 5.48. The Kier molecular flexibility index (Phi) is 5.38. The van der Waals surface area contributed by atoms with Gasteiger partial charge in [0.1, 0.15) is 5.82 Å². The molecule has 2 rings (SSSR count). The maximum atomic E-state index is 12.7. The molecule has 0 spiro atoms. The van der Waals surface area contributed by atoms with Crippen LogP contribution in [0.1, 0.15) is 12.0 Å². The molecule has 1 fully saturated rings. The molecule has 0 atom stereocenters. The highest BCUT2D eigenvalue weighted by Crippen LogP contribution is 2.08. The van der Waals surface area contributed by atoms with Crippen LogP contribution in [-0.4, -0.2) is 30.4 Å². The predicted octanol–water partition coefficient (Wildman–Crippen LogP) is 1.57. The summed E-state index contributed by atoms with van der Waals surface area (Å²) in [6, 6.07) is 6.30. The molecule has 1 heterocycles. The van der Waals surface area contributed by atoms with Crippen LogP contribution in [0.15, 0.2) is 24.3 Å². The molecule has 94 valence electrons. The van der Waals surface area contributed by atoms with E-state index in [-0.39, 0.29) is 24.1 Å². The van der Waals surface area contributed by atoms with Crippen LogP contribution in [-0.2, 0) is 11.3 Å². The van der Waals surface area contributed by atoms with Gasteiger partial charge in [-0.05, 0) is 17.7 Å². The number of hydrogen-bond donors (Lipinski definition) is 1. The second kappa shape index (κ2) is 6.57. The predicted molar refractivity (Wildman–Crippen MR) is 66.6 cm³/mol. The van der Waals surface area contributed by atoms with Crippen LogP contribution in [0.2, 0.25) is 0 Å². The number of nitrogens with one attached hydrogen (secondary N) is 1. The molecule has 1 aliphatic heterocycles. The average Bonchev–Trinajstić information content (AvgIpc) is 2.48. The highest BCUT2D eigenvalue weighted by Gasteiger charge is 2.15. The Morgan fingerprint density at radius 3 is 2.65 bits per heavy atom. The Hall–Kier alpha value is -1.13. The van der Waals surface area contributed by atoms with Crippen LogP contribution >= 0.6 is 12.4 Å². The maximum Gasteiger partial charge on any atom is 0.224 e. The van der Waals surface area contributed by atoms with Crippen molar-refractivity contribution in [3.63, 3.8) is 0 Å². The summed E-state index contributed by atoms with van der Waals surface area (Å²) in [6.45, 7) is 2.86. The third-order valence-corrected chi connectivity index (χ3v) is 2.71. The van der Waals surface area contributed by atoms with E-state index in [1.165, 1.54) is 12.1 Å². The number of carbonyl (C=O) groups is 1. The first-order chi connectivity index (χ1) is 7.75. The standard InChI is InChI=1S/C12H15FN2O.ClH/c13-11-3-1-10(2-4-11)9-15-8-7-14-6-5-12(15)16;/h1-4,14H,5-9H2;1H. The summed E-state index contributed by atoms with van der Waals surface area (Å²) in [6.07, 6.45) is 0.543. The van der Waals surface area contributed by atoms with Crippen LogP contribution in [0.3, 0.4) is 0 Å². The molecule has 1 N–H and O–H groups in total. The molecule has 0 bridgehead atoms. The van der Waals surface area contributed by atoms with Crippen molar-refractivity contribution in [3.05, 3.63) is 35.6 Å². The fraction of sp³-hybridized carbons (Fsp3) is 0.417. The zero-order chi connectivity index (χ0) is 11.4. The summed E-state index contributed by atoms with van der Waals surface area (Å²) in [7, 11) is 0. The third kappa shape index (κ3) is 3.98. The van der Waals surface area contributed by atoms with E-state index in [1.54, 1.807) is 12.1 Å². The Morgan fingerprint density at radius 1 is 1.24 bits per heavy atom. The lowest BCUT2D eigenvalue weighted by molar-refractivity contribution is -0.130. The minimum Gasteiger partial charge on any atom is -0.337 e. The van der Waals surface area contributed by atoms with Gasteiger partial charge in [0.15, 0.2) is 0 Å². The number of rotatable bonds is 2. The van der Waals surface area contributed by atoms with Crippen molar-refractivity contribution in [1.29, 1.82) is 0 Å². The topological polar surface area (TPSA) is 32.3 Å². The molecule has 0 radical (unpaired) electrons. The minimum absolute atomic E-state index is 0. The lowest BCUT2D eigenvalue weighted by Crippen LogP contribution is -2.31. The van der Waals surface area contributed by atoms with Gasteiger partial charge in [-0.25, -0.2) is 4.39 Å². The number of amides is 1. The number of carbonyl (C=O) groups excluding carboxylic acids is 1. The van der Waals surface area contributed by atoms with Gasteiger partial charge in [0.2, 0.25) is 5.91 Å². The van der Waals surface area contributed by atoms with Gasteiger partial charge in [0, 0.05) is 32.6 Å². The molecule has 0 aromatic heterocycles. The van der Waals surface area contributed by atoms with Gasteiger partial charge in [0.05, 0.1) is 0 Å². The molecule has 5 heteroatoms. The van der Waals surface area contributed by atoms with E-state index in [2.05, 4.69) is 5.32 Å². The molecule has 0 saturated carbocycles. The van der Waals surface area contributed by atoms with Crippen molar-refractivity contribution >= 4 is 18.3 Å². The van der Waals surface area contributed by atoms with Crippen molar-refractivity contribution in [3.8, 4) is 0 Å². The monoisotopic (exact) mass is 258 g/mol. The summed E-state index contributed by atoms with van der Waals surface area (Å²) in [5.41, 5.74) is 0.969. The highest BCUT2D eigenvalue weighted by molar-refractivity contribution is 5.85. The maximum absolute atomic E-state index is 12.7. The second-order valence-corrected chi connectivity index (χ2v) is 3.94. The Morgan fingerprint density at radius 2 is 1.94 bits per heavy atom. The molecule has 0 unspecified atom stereocenters. The van der Waals surface area contributed by atoms with E-state index < -0.39 is 0 Å². The van der Waals surface area contributed by atoms with E-state index in [4.69, 9.17) is 0 Å². The van der Waals surface area contributed by atoms with Crippen molar-refractivity contribution in [2.24, 2.45) is 0 Å². The van der Waals surface area contributed by atoms with Crippen molar-refractivity contribution in [2.45, 2.75) is 13.0 Å². The molecule has 17 heavy (non-hydrogen) atoms. The zero-order valence-corrected chi connectivity index (χ0v) is 10.3. The lowest BCUT2D eigenvalue weighted by atomic mass is 10.2. The van der Waals surface area contributed by atoms with Crippen LogP contribution < -0.4 is 5.32 Å². The van der Waals surface area contributed by atoms with Gasteiger partial charge in [-0.15, -0.1) is 12.4 Å². The molecule has 1 amide bonds. The van der Waals surface area contributed by atoms with Crippen LogP contribution in [0.5, 0.6) is 0 Å². The summed E-state index contributed by atoms with van der Waals surface area (Å²) >= 11 is 0. The van der Waals surface area contributed by atoms with Crippen LogP contribution in [0, 0.1) is 5.82 Å². The van der Waals surface area contributed by atoms with Crippen molar-refractivity contribution in [2.75, 3.05) is 19.6 Å². The Labute approximate surface area is 106 Å². The number of benzene rings is 1. The SMILES string of the molecule is Cl.O=C1CCNCCN1Cc1ccc(F)cc1. The fourth-order valence-electron chi connectivity index (χ4n) is 1.79. The number of nitrogens with zero attached hydrogens (tertiary/aromatic N) is 1. The summed E-state index contributed by atoms with van der Waals surface area (Å²) < 4.78 is 12.7. The highest BCUT2D eigenvalue weighted by atomic mass is 35.5. The normalized spacial score (nSPS) is 16.3. The largest absolute Gasteiger partial charge is 0.337 e. The molecule has 1 aromatic rings. The minimum atomic E-state index is -0.243.